The molecular weight excluding hydrogens is 380 g/mol. The lowest BCUT2D eigenvalue weighted by molar-refractivity contribution is 0.417. The van der Waals surface area contributed by atoms with E-state index in [1.165, 1.54) is 22.7 Å². The van der Waals surface area contributed by atoms with Gasteiger partial charge in [-0.1, -0.05) is 23.5 Å². The van der Waals surface area contributed by atoms with E-state index in [-0.39, 0.29) is 0 Å². The van der Waals surface area contributed by atoms with Gasteiger partial charge < -0.3 is 10.1 Å². The molecule has 0 amide bonds. The monoisotopic (exact) mass is 396 g/mol. The zero-order valence-corrected chi connectivity index (χ0v) is 16.2. The molecule has 0 aliphatic heterocycles. The SMILES string of the molecule is COc1ccccc1Nc1nc(-c2sc(NS(C)(=O)=O)nc2C)cs1. The molecule has 0 radical (unpaired) electrons. The molecule has 3 aromatic rings. The standard InChI is InChI=1S/C15H16N4O3S3/c1-9-13(24-15(16-9)19-25(3,20)21)11-8-23-14(18-11)17-10-6-4-5-7-12(10)22-2/h4-8H,1-3H3,(H,16,19)(H,17,18). The zero-order chi connectivity index (χ0) is 18.0. The number of sulfonamides is 1. The Morgan fingerprint density at radius 3 is 2.64 bits per heavy atom. The molecule has 0 fully saturated rings. The summed E-state index contributed by atoms with van der Waals surface area (Å²) in [6.07, 6.45) is 1.10. The van der Waals surface area contributed by atoms with E-state index >= 15 is 0 Å². The van der Waals surface area contributed by atoms with Crippen LogP contribution in [0.4, 0.5) is 16.0 Å². The number of benzene rings is 1. The van der Waals surface area contributed by atoms with E-state index in [9.17, 15) is 8.42 Å². The van der Waals surface area contributed by atoms with Gasteiger partial charge in [0.05, 0.1) is 35.3 Å². The normalized spacial score (nSPS) is 11.3. The lowest BCUT2D eigenvalue weighted by Gasteiger charge is -2.07. The minimum absolute atomic E-state index is 0.335. The molecule has 0 bridgehead atoms. The van der Waals surface area contributed by atoms with Crippen molar-refractivity contribution < 1.29 is 13.2 Å². The van der Waals surface area contributed by atoms with Crippen molar-refractivity contribution in [2.24, 2.45) is 0 Å². The number of hydrogen-bond acceptors (Lipinski definition) is 8. The predicted molar refractivity (Wildman–Crippen MR) is 103 cm³/mol. The molecule has 132 valence electrons. The molecule has 3 rings (SSSR count). The van der Waals surface area contributed by atoms with Crippen LogP contribution in [0.2, 0.25) is 0 Å². The lowest BCUT2D eigenvalue weighted by atomic mass is 10.3. The molecule has 0 atom stereocenters. The number of rotatable bonds is 6. The molecule has 2 aromatic heterocycles. The highest BCUT2D eigenvalue weighted by molar-refractivity contribution is 7.92. The number of thiazole rings is 2. The van der Waals surface area contributed by atoms with E-state index in [0.29, 0.717) is 10.3 Å². The lowest BCUT2D eigenvalue weighted by Crippen LogP contribution is -2.08. The minimum atomic E-state index is -3.35. The number of nitrogens with zero attached hydrogens (tertiary/aromatic N) is 2. The summed E-state index contributed by atoms with van der Waals surface area (Å²) in [5.41, 5.74) is 2.30. The second-order valence-electron chi connectivity index (χ2n) is 5.17. The van der Waals surface area contributed by atoms with Gasteiger partial charge in [0.2, 0.25) is 10.0 Å². The first-order valence-corrected chi connectivity index (χ1v) is 10.8. The zero-order valence-electron chi connectivity index (χ0n) is 13.7. The van der Waals surface area contributed by atoms with Crippen LogP contribution in [0.3, 0.4) is 0 Å². The van der Waals surface area contributed by atoms with Crippen LogP contribution in [0.1, 0.15) is 5.69 Å². The Hall–Kier alpha value is -2.17. The first-order chi connectivity index (χ1) is 11.9. The maximum absolute atomic E-state index is 11.3. The molecule has 7 nitrogen and oxygen atoms in total. The van der Waals surface area contributed by atoms with E-state index in [1.54, 1.807) is 7.11 Å². The number of methoxy groups -OCH3 is 1. The predicted octanol–water partition coefficient (Wildman–Crippen LogP) is 3.70. The Kier molecular flexibility index (Phi) is 4.93. The van der Waals surface area contributed by atoms with Crippen molar-refractivity contribution >= 4 is 48.6 Å². The maximum atomic E-state index is 11.3. The van der Waals surface area contributed by atoms with Gasteiger partial charge in [0.1, 0.15) is 5.75 Å². The van der Waals surface area contributed by atoms with Gasteiger partial charge in [0.25, 0.3) is 0 Å². The van der Waals surface area contributed by atoms with Crippen molar-refractivity contribution in [2.45, 2.75) is 6.92 Å². The van der Waals surface area contributed by atoms with Gasteiger partial charge in [-0.2, -0.15) is 0 Å². The molecule has 0 aliphatic carbocycles. The first kappa shape index (κ1) is 17.6. The second kappa shape index (κ2) is 6.98. The first-order valence-electron chi connectivity index (χ1n) is 7.17. The fourth-order valence-corrected chi connectivity index (χ4v) is 4.69. The summed E-state index contributed by atoms with van der Waals surface area (Å²) < 4.78 is 30.4. The minimum Gasteiger partial charge on any atom is -0.495 e. The average molecular weight is 397 g/mol. The Morgan fingerprint density at radius 2 is 1.92 bits per heavy atom. The quantitative estimate of drug-likeness (QED) is 0.660. The van der Waals surface area contributed by atoms with Crippen molar-refractivity contribution in [1.82, 2.24) is 9.97 Å². The fourth-order valence-electron chi connectivity index (χ4n) is 2.13. The van der Waals surface area contributed by atoms with Gasteiger partial charge in [-0.25, -0.2) is 18.4 Å². The topological polar surface area (TPSA) is 93.2 Å². The number of anilines is 3. The smallest absolute Gasteiger partial charge is 0.231 e. The number of aryl methyl sites for hydroxylation is 1. The molecule has 2 heterocycles. The van der Waals surface area contributed by atoms with Crippen molar-refractivity contribution in [3.05, 3.63) is 35.3 Å². The van der Waals surface area contributed by atoms with E-state index < -0.39 is 10.0 Å². The number of para-hydroxylation sites is 2. The summed E-state index contributed by atoms with van der Waals surface area (Å²) >= 11 is 2.71. The molecule has 2 N–H and O–H groups in total. The van der Waals surface area contributed by atoms with E-state index in [1.807, 2.05) is 36.6 Å². The highest BCUT2D eigenvalue weighted by Gasteiger charge is 2.15. The second-order valence-corrected chi connectivity index (χ2v) is 8.78. The molecule has 0 unspecified atom stereocenters. The Labute approximate surface area is 153 Å². The van der Waals surface area contributed by atoms with Crippen LogP contribution in [0.25, 0.3) is 10.6 Å². The third-order valence-corrected chi connectivity index (χ3v) is 5.70. The van der Waals surface area contributed by atoms with Crippen molar-refractivity contribution in [1.29, 1.82) is 0 Å². The van der Waals surface area contributed by atoms with Crippen LogP contribution >= 0.6 is 22.7 Å². The van der Waals surface area contributed by atoms with Gasteiger partial charge in [-0.3, -0.25) is 4.72 Å². The van der Waals surface area contributed by atoms with Crippen molar-refractivity contribution in [3.63, 3.8) is 0 Å². The summed E-state index contributed by atoms with van der Waals surface area (Å²) in [5.74, 6) is 0.729. The van der Waals surface area contributed by atoms with Gasteiger partial charge in [-0.05, 0) is 19.1 Å². The Bertz CT molecular complexity index is 995. The van der Waals surface area contributed by atoms with Crippen LogP contribution < -0.4 is 14.8 Å². The molecule has 0 spiro atoms. The van der Waals surface area contributed by atoms with Gasteiger partial charge in [-0.15, -0.1) is 11.3 Å². The summed E-state index contributed by atoms with van der Waals surface area (Å²) in [5, 5.41) is 6.19. The number of hydrogen-bond donors (Lipinski definition) is 2. The van der Waals surface area contributed by atoms with Crippen LogP contribution in [-0.4, -0.2) is 31.8 Å². The summed E-state index contributed by atoms with van der Waals surface area (Å²) in [7, 11) is -1.74. The molecule has 0 saturated carbocycles. The van der Waals surface area contributed by atoms with Gasteiger partial charge in [0, 0.05) is 5.38 Å². The van der Waals surface area contributed by atoms with E-state index in [4.69, 9.17) is 4.74 Å². The number of nitrogens with one attached hydrogen (secondary N) is 2. The number of aromatic nitrogens is 2. The van der Waals surface area contributed by atoms with Crippen LogP contribution in [-0.2, 0) is 10.0 Å². The summed E-state index contributed by atoms with van der Waals surface area (Å²) in [6.45, 7) is 1.83. The van der Waals surface area contributed by atoms with Crippen LogP contribution in [0, 0.1) is 6.92 Å². The summed E-state index contributed by atoms with van der Waals surface area (Å²) in [6, 6.07) is 7.59. The van der Waals surface area contributed by atoms with Crippen LogP contribution in [0.5, 0.6) is 5.75 Å². The molecule has 1 aromatic carbocycles. The van der Waals surface area contributed by atoms with Crippen LogP contribution in [0.15, 0.2) is 29.6 Å². The van der Waals surface area contributed by atoms with Crippen molar-refractivity contribution in [3.8, 4) is 16.3 Å². The molecule has 0 aliphatic rings. The average Bonchev–Trinajstić information content (AvgIpc) is 3.12. The van der Waals surface area contributed by atoms with Gasteiger partial charge in [0.15, 0.2) is 10.3 Å². The summed E-state index contributed by atoms with van der Waals surface area (Å²) in [4.78, 5) is 9.64. The molecular formula is C15H16N4O3S3. The molecule has 0 saturated heterocycles. The third-order valence-electron chi connectivity index (χ3n) is 3.15. The fraction of sp³-hybridized carbons (Fsp3) is 0.200. The Balaban J connectivity index is 1.84. The molecule has 25 heavy (non-hydrogen) atoms. The van der Waals surface area contributed by atoms with Crippen molar-refractivity contribution in [2.75, 3.05) is 23.4 Å². The van der Waals surface area contributed by atoms with E-state index in [0.717, 1.165) is 34.0 Å². The maximum Gasteiger partial charge on any atom is 0.231 e. The van der Waals surface area contributed by atoms with Gasteiger partial charge >= 0.3 is 0 Å². The largest absolute Gasteiger partial charge is 0.495 e. The Morgan fingerprint density at radius 1 is 1.16 bits per heavy atom. The highest BCUT2D eigenvalue weighted by atomic mass is 32.2. The third kappa shape index (κ3) is 4.27. The van der Waals surface area contributed by atoms with E-state index in [2.05, 4.69) is 20.0 Å². The molecule has 10 heteroatoms. The number of ether oxygens (including phenoxy) is 1. The highest BCUT2D eigenvalue weighted by Crippen LogP contribution is 2.36.